The van der Waals surface area contributed by atoms with Crippen LogP contribution in [-0.2, 0) is 11.2 Å². The smallest absolute Gasteiger partial charge is 0.335 e. The maximum atomic E-state index is 11.9. The first kappa shape index (κ1) is 31.2. The first-order valence-electron chi connectivity index (χ1n) is 15.2. The molecule has 8 heteroatoms. The minimum atomic E-state index is -0.926. The van der Waals surface area contributed by atoms with E-state index in [1.807, 2.05) is 19.2 Å². The summed E-state index contributed by atoms with van der Waals surface area (Å²) in [6, 6.07) is 11.5. The molecule has 0 spiro atoms. The number of rotatable bonds is 12. The predicted molar refractivity (Wildman–Crippen MR) is 173 cm³/mol. The Morgan fingerprint density at radius 3 is 2.69 bits per heavy atom. The van der Waals surface area contributed by atoms with Crippen molar-refractivity contribution in [2.45, 2.75) is 64.9 Å². The molecule has 228 valence electrons. The van der Waals surface area contributed by atoms with E-state index in [2.05, 4.69) is 43.9 Å². The molecule has 0 saturated heterocycles. The molecule has 3 N–H and O–H groups in total. The van der Waals surface area contributed by atoms with Crippen molar-refractivity contribution in [1.82, 2.24) is 0 Å². The predicted octanol–water partition coefficient (Wildman–Crippen LogP) is 7.59. The van der Waals surface area contributed by atoms with E-state index in [4.69, 9.17) is 26.2 Å². The normalized spacial score (nSPS) is 24.4. The van der Waals surface area contributed by atoms with Gasteiger partial charge in [0.25, 0.3) is 0 Å². The molecular formula is C34H45ClN2O4S. The van der Waals surface area contributed by atoms with E-state index in [0.717, 1.165) is 67.4 Å². The molecule has 6 nitrogen and oxygen atoms in total. The van der Waals surface area contributed by atoms with Crippen molar-refractivity contribution in [2.75, 3.05) is 37.5 Å². The number of carbonyl (C=O) groups is 1. The van der Waals surface area contributed by atoms with Crippen molar-refractivity contribution in [3.8, 4) is 5.75 Å². The summed E-state index contributed by atoms with van der Waals surface area (Å²) in [7, 11) is 1.84. The van der Waals surface area contributed by atoms with Crippen LogP contribution in [0, 0.1) is 23.2 Å². The van der Waals surface area contributed by atoms with Gasteiger partial charge in [-0.05, 0) is 95.9 Å². The molecule has 1 aliphatic heterocycles. The third kappa shape index (κ3) is 6.50. The van der Waals surface area contributed by atoms with Gasteiger partial charge in [-0.2, -0.15) is 0 Å². The lowest BCUT2D eigenvalue weighted by molar-refractivity contribution is -0.00159. The standard InChI is InChI=1S/C34H45ClN2O4S/c1-5-6-21-15-27(35)9-11-28(21)25-18-37(30-16-22(33(38)39)8-12-31(30)41-19-25)17-23-7-10-29(23)32(40-4)24-13-26(14-24)34(2,3)20-42-36/h8-9,11-13,15-16,23,25-26,29,32H,5-7,10,14,17-20,36H2,1-4H3,(H,38,39). The zero-order valence-corrected chi connectivity index (χ0v) is 26.8. The quantitative estimate of drug-likeness (QED) is 0.189. The lowest BCUT2D eigenvalue weighted by atomic mass is 9.62. The molecule has 0 bridgehead atoms. The highest BCUT2D eigenvalue weighted by atomic mass is 35.5. The van der Waals surface area contributed by atoms with Crippen molar-refractivity contribution in [3.05, 3.63) is 69.8 Å². The molecular weight excluding hydrogens is 568 g/mol. The van der Waals surface area contributed by atoms with E-state index >= 15 is 0 Å². The van der Waals surface area contributed by atoms with E-state index in [9.17, 15) is 9.90 Å². The zero-order chi connectivity index (χ0) is 30.0. The number of anilines is 1. The van der Waals surface area contributed by atoms with Crippen molar-refractivity contribution < 1.29 is 19.4 Å². The summed E-state index contributed by atoms with van der Waals surface area (Å²) in [6.07, 6.45) is 7.89. The Morgan fingerprint density at radius 2 is 2.05 bits per heavy atom. The highest BCUT2D eigenvalue weighted by Gasteiger charge is 2.44. The number of carboxylic acids is 1. The fraction of sp³-hybridized carbons (Fsp3) is 0.559. The molecule has 0 radical (unpaired) electrons. The molecule has 2 aliphatic carbocycles. The van der Waals surface area contributed by atoms with E-state index in [1.165, 1.54) is 28.6 Å². The van der Waals surface area contributed by atoms with Gasteiger partial charge in [-0.25, -0.2) is 4.79 Å². The molecule has 5 atom stereocenters. The summed E-state index contributed by atoms with van der Waals surface area (Å²) in [6.45, 7) is 8.91. The van der Waals surface area contributed by atoms with Crippen LogP contribution in [-0.4, -0.2) is 49.7 Å². The molecule has 5 rings (SSSR count). The summed E-state index contributed by atoms with van der Waals surface area (Å²) in [5.74, 6) is 2.31. The lowest BCUT2D eigenvalue weighted by Gasteiger charge is -2.48. The Kier molecular flexibility index (Phi) is 9.83. The van der Waals surface area contributed by atoms with Gasteiger partial charge in [0, 0.05) is 36.9 Å². The van der Waals surface area contributed by atoms with Crippen LogP contribution in [0.3, 0.4) is 0 Å². The molecule has 1 heterocycles. The number of methoxy groups -OCH3 is 1. The van der Waals surface area contributed by atoms with Crippen LogP contribution in [0.25, 0.3) is 0 Å². The van der Waals surface area contributed by atoms with Crippen LogP contribution < -0.4 is 14.8 Å². The molecule has 2 aromatic carbocycles. The lowest BCUT2D eigenvalue weighted by Crippen LogP contribution is -2.47. The molecule has 0 aromatic heterocycles. The first-order chi connectivity index (χ1) is 20.1. The number of aromatic carboxylic acids is 1. The maximum absolute atomic E-state index is 11.9. The molecule has 2 aromatic rings. The summed E-state index contributed by atoms with van der Waals surface area (Å²) in [4.78, 5) is 14.3. The Labute approximate surface area is 260 Å². The molecule has 0 amide bonds. The number of hydrogen-bond donors (Lipinski definition) is 2. The average molecular weight is 613 g/mol. The Balaban J connectivity index is 1.40. The van der Waals surface area contributed by atoms with Crippen molar-refractivity contribution in [1.29, 1.82) is 0 Å². The number of carboxylic acid groups (broad SMARTS) is 1. The second kappa shape index (κ2) is 13.2. The molecule has 1 fully saturated rings. The van der Waals surface area contributed by atoms with Gasteiger partial charge in [-0.3, -0.25) is 5.14 Å². The summed E-state index contributed by atoms with van der Waals surface area (Å²) in [5, 5.41) is 16.3. The van der Waals surface area contributed by atoms with Crippen LogP contribution in [0.2, 0.25) is 5.02 Å². The zero-order valence-electron chi connectivity index (χ0n) is 25.3. The van der Waals surface area contributed by atoms with Gasteiger partial charge >= 0.3 is 5.97 Å². The van der Waals surface area contributed by atoms with Crippen LogP contribution in [0.5, 0.6) is 5.75 Å². The van der Waals surface area contributed by atoms with Gasteiger partial charge in [0.2, 0.25) is 0 Å². The molecule has 42 heavy (non-hydrogen) atoms. The third-order valence-corrected chi connectivity index (χ3v) is 10.9. The highest BCUT2D eigenvalue weighted by molar-refractivity contribution is 7.97. The Hall–Kier alpha value is -2.19. The van der Waals surface area contributed by atoms with E-state index in [-0.39, 0.29) is 23.0 Å². The number of hydrogen-bond acceptors (Lipinski definition) is 6. The van der Waals surface area contributed by atoms with Crippen LogP contribution in [0.1, 0.15) is 73.9 Å². The summed E-state index contributed by atoms with van der Waals surface area (Å²) >= 11 is 7.82. The SMILES string of the molecule is CCCc1cc(Cl)ccc1C1COc2ccc(C(=O)O)cc2N(CC2CCC2C(OC)C2=CC(C(C)(C)CSN)C2)C1. The fourth-order valence-electron chi connectivity index (χ4n) is 7.06. The van der Waals surface area contributed by atoms with Crippen molar-refractivity contribution >= 4 is 35.2 Å². The number of aryl methyl sites for hydroxylation is 1. The maximum Gasteiger partial charge on any atom is 0.335 e. The minimum Gasteiger partial charge on any atom is -0.491 e. The third-order valence-electron chi connectivity index (χ3n) is 9.76. The number of ether oxygens (including phenoxy) is 2. The number of nitrogens with zero attached hydrogens (tertiary/aromatic N) is 1. The van der Waals surface area contributed by atoms with Crippen molar-refractivity contribution in [3.63, 3.8) is 0 Å². The number of halogens is 1. The van der Waals surface area contributed by atoms with E-state index in [0.29, 0.717) is 24.4 Å². The van der Waals surface area contributed by atoms with Crippen LogP contribution >= 0.6 is 23.5 Å². The number of allylic oxidation sites excluding steroid dienone is 1. The summed E-state index contributed by atoms with van der Waals surface area (Å²) in [5.41, 5.74) is 5.27. The minimum absolute atomic E-state index is 0.123. The molecule has 1 saturated carbocycles. The largest absolute Gasteiger partial charge is 0.491 e. The number of fused-ring (bicyclic) bond motifs is 1. The van der Waals surface area contributed by atoms with Gasteiger partial charge in [0.15, 0.2) is 0 Å². The second-order valence-corrected chi connectivity index (χ2v) is 14.1. The van der Waals surface area contributed by atoms with Crippen LogP contribution in [0.15, 0.2) is 48.0 Å². The fourth-order valence-corrected chi connectivity index (χ4v) is 7.90. The van der Waals surface area contributed by atoms with E-state index in [1.54, 1.807) is 12.1 Å². The second-order valence-electron chi connectivity index (χ2n) is 13.0. The van der Waals surface area contributed by atoms with Gasteiger partial charge < -0.3 is 19.5 Å². The average Bonchev–Trinajstić information content (AvgIpc) is 3.08. The monoisotopic (exact) mass is 612 g/mol. The van der Waals surface area contributed by atoms with Gasteiger partial charge in [0.1, 0.15) is 5.75 Å². The first-order valence-corrected chi connectivity index (χ1v) is 16.7. The number of nitrogens with two attached hydrogens (primary N) is 1. The Morgan fingerprint density at radius 1 is 1.26 bits per heavy atom. The van der Waals surface area contributed by atoms with Gasteiger partial charge in [0.05, 0.1) is 24.0 Å². The Bertz CT molecular complexity index is 1310. The van der Waals surface area contributed by atoms with Crippen molar-refractivity contribution in [2.24, 2.45) is 28.3 Å². The van der Waals surface area contributed by atoms with Gasteiger partial charge in [-0.1, -0.05) is 62.9 Å². The summed E-state index contributed by atoms with van der Waals surface area (Å²) < 4.78 is 12.5. The molecule has 5 unspecified atom stereocenters. The highest BCUT2D eigenvalue weighted by Crippen LogP contribution is 2.49. The van der Waals surface area contributed by atoms with Gasteiger partial charge in [-0.15, -0.1) is 0 Å². The molecule has 3 aliphatic rings. The van der Waals surface area contributed by atoms with E-state index < -0.39 is 5.97 Å². The topological polar surface area (TPSA) is 85.0 Å². The number of benzene rings is 2. The van der Waals surface area contributed by atoms with Crippen LogP contribution in [0.4, 0.5) is 5.69 Å².